The van der Waals surface area contributed by atoms with Crippen molar-refractivity contribution in [1.82, 2.24) is 19.5 Å². The highest BCUT2D eigenvalue weighted by molar-refractivity contribution is 5.70. The van der Waals surface area contributed by atoms with Gasteiger partial charge in [0.2, 0.25) is 5.95 Å². The highest BCUT2D eigenvalue weighted by Gasteiger charge is 2.55. The third-order valence-electron chi connectivity index (χ3n) is 3.93. The molecule has 2 aromatic rings. The molecule has 0 spiro atoms. The average molecular weight is 336 g/mol. The van der Waals surface area contributed by atoms with Crippen LogP contribution in [0.25, 0.3) is 11.2 Å². The number of aromatic nitrogens is 4. The van der Waals surface area contributed by atoms with E-state index < -0.39 is 36.8 Å². The van der Waals surface area contributed by atoms with E-state index in [-0.39, 0.29) is 5.95 Å². The van der Waals surface area contributed by atoms with Crippen molar-refractivity contribution in [1.29, 1.82) is 0 Å². The second kappa shape index (κ2) is 5.95. The predicted octanol–water partition coefficient (Wildman–Crippen LogP) is -1.28. The van der Waals surface area contributed by atoms with E-state index in [1.165, 1.54) is 24.0 Å². The molecule has 1 aliphatic rings. The van der Waals surface area contributed by atoms with Gasteiger partial charge in [-0.3, -0.25) is 4.57 Å². The zero-order chi connectivity index (χ0) is 17.5. The van der Waals surface area contributed by atoms with Crippen molar-refractivity contribution < 1.29 is 19.3 Å². The lowest BCUT2D eigenvalue weighted by atomic mass is 9.90. The highest BCUT2D eigenvalue weighted by Crippen LogP contribution is 2.38. The summed E-state index contributed by atoms with van der Waals surface area (Å²) < 4.78 is 19.7. The molecule has 1 unspecified atom stereocenters. The Hall–Kier alpha value is -2.32. The highest BCUT2D eigenvalue weighted by atomic mass is 19.1. The number of hydrogen-bond acceptors (Lipinski definition) is 8. The number of fused-ring (bicyclic) bond motifs is 1. The number of anilines is 1. The maximum atomic E-state index is 12.5. The van der Waals surface area contributed by atoms with Crippen molar-refractivity contribution in [3.05, 3.63) is 12.5 Å². The Morgan fingerprint density at radius 3 is 2.96 bits per heavy atom. The van der Waals surface area contributed by atoms with Gasteiger partial charge >= 0.3 is 0 Å². The number of ether oxygens (including phenoxy) is 1. The van der Waals surface area contributed by atoms with Crippen LogP contribution in [0.2, 0.25) is 0 Å². The van der Waals surface area contributed by atoms with Gasteiger partial charge in [0.15, 0.2) is 17.4 Å². The lowest BCUT2D eigenvalue weighted by Crippen LogP contribution is -2.54. The smallest absolute Gasteiger partial charge is 0.222 e. The number of alkyl halides is 1. The fourth-order valence-corrected chi connectivity index (χ4v) is 2.76. The van der Waals surface area contributed by atoms with E-state index in [4.69, 9.17) is 16.2 Å². The zero-order valence-electron chi connectivity index (χ0n) is 12.8. The van der Waals surface area contributed by atoms with E-state index in [2.05, 4.69) is 26.8 Å². The summed E-state index contributed by atoms with van der Waals surface area (Å²) >= 11 is 0. The van der Waals surface area contributed by atoms with E-state index in [1.54, 1.807) is 0 Å². The minimum Gasteiger partial charge on any atom is -0.391 e. The summed E-state index contributed by atoms with van der Waals surface area (Å²) in [5.74, 6) is 4.74. The third-order valence-corrected chi connectivity index (χ3v) is 3.93. The van der Waals surface area contributed by atoms with Crippen LogP contribution in [0.15, 0.2) is 12.5 Å². The van der Waals surface area contributed by atoms with Crippen LogP contribution in [-0.4, -0.2) is 60.3 Å². The first-order valence-corrected chi connectivity index (χ1v) is 7.20. The molecular weight excluding hydrogens is 319 g/mol. The van der Waals surface area contributed by atoms with Gasteiger partial charge in [0.1, 0.15) is 24.4 Å². The molecule has 0 aromatic carbocycles. The van der Waals surface area contributed by atoms with Crippen molar-refractivity contribution in [2.75, 3.05) is 12.4 Å². The molecule has 0 aliphatic carbocycles. The number of nitrogens with two attached hydrogens (primary N) is 2. The van der Waals surface area contributed by atoms with E-state index in [0.29, 0.717) is 11.2 Å². The molecule has 24 heavy (non-hydrogen) atoms. The maximum absolute atomic E-state index is 12.5. The number of imidazole rings is 1. The van der Waals surface area contributed by atoms with Crippen LogP contribution in [0.5, 0.6) is 0 Å². The van der Waals surface area contributed by atoms with Crippen LogP contribution in [-0.2, 0) is 4.74 Å². The van der Waals surface area contributed by atoms with E-state index in [1.807, 2.05) is 0 Å². The topological polar surface area (TPSA) is 145 Å². The Bertz CT molecular complexity index is 816. The van der Waals surface area contributed by atoms with E-state index >= 15 is 0 Å². The molecule has 128 valence electrons. The van der Waals surface area contributed by atoms with Crippen molar-refractivity contribution in [2.45, 2.75) is 37.0 Å². The van der Waals surface area contributed by atoms with Gasteiger partial charge in [-0.2, -0.15) is 4.98 Å². The SMILES string of the molecule is C[C@H](O)[C@H]1O[C@@H](n2cnc3cnc(N)nc32)[C@@](N)(C#CCF)C1O. The molecule has 0 amide bonds. The maximum Gasteiger partial charge on any atom is 0.222 e. The summed E-state index contributed by atoms with van der Waals surface area (Å²) in [7, 11) is 0. The normalized spacial score (nSPS) is 31.0. The molecule has 3 heterocycles. The summed E-state index contributed by atoms with van der Waals surface area (Å²) in [5.41, 5.74) is 10.9. The van der Waals surface area contributed by atoms with Crippen LogP contribution in [0.4, 0.5) is 10.3 Å². The van der Waals surface area contributed by atoms with Crippen molar-refractivity contribution in [3.63, 3.8) is 0 Å². The van der Waals surface area contributed by atoms with Gasteiger partial charge in [0, 0.05) is 0 Å². The van der Waals surface area contributed by atoms with E-state index in [0.717, 1.165) is 0 Å². The largest absolute Gasteiger partial charge is 0.391 e. The van der Waals surface area contributed by atoms with Crippen LogP contribution < -0.4 is 11.5 Å². The first-order valence-electron chi connectivity index (χ1n) is 7.20. The number of aliphatic hydroxyl groups excluding tert-OH is 2. The molecule has 10 heteroatoms. The third kappa shape index (κ3) is 2.47. The molecule has 1 aliphatic heterocycles. The minimum absolute atomic E-state index is 0.0207. The second-order valence-electron chi connectivity index (χ2n) is 5.60. The van der Waals surface area contributed by atoms with Gasteiger partial charge in [-0.05, 0) is 6.92 Å². The Morgan fingerprint density at radius 1 is 1.54 bits per heavy atom. The quantitative estimate of drug-likeness (QED) is 0.496. The fourth-order valence-electron chi connectivity index (χ4n) is 2.76. The molecule has 0 radical (unpaired) electrons. The Balaban J connectivity index is 2.13. The number of nitrogens with zero attached hydrogens (tertiary/aromatic N) is 4. The van der Waals surface area contributed by atoms with Gasteiger partial charge < -0.3 is 26.4 Å². The van der Waals surface area contributed by atoms with Gasteiger partial charge in [-0.25, -0.2) is 14.4 Å². The lowest BCUT2D eigenvalue weighted by molar-refractivity contribution is -0.0756. The van der Waals surface area contributed by atoms with Crippen molar-refractivity contribution >= 4 is 17.1 Å². The molecule has 1 saturated heterocycles. The molecular formula is C14H17FN6O3. The predicted molar refractivity (Wildman–Crippen MR) is 82.0 cm³/mol. The number of hydrogen-bond donors (Lipinski definition) is 4. The number of nitrogen functional groups attached to an aromatic ring is 1. The van der Waals surface area contributed by atoms with E-state index in [9.17, 15) is 14.6 Å². The summed E-state index contributed by atoms with van der Waals surface area (Å²) in [6, 6.07) is 0. The van der Waals surface area contributed by atoms with Gasteiger partial charge in [-0.15, -0.1) is 0 Å². The second-order valence-corrected chi connectivity index (χ2v) is 5.60. The van der Waals surface area contributed by atoms with Crippen LogP contribution >= 0.6 is 0 Å². The van der Waals surface area contributed by atoms with Gasteiger partial charge in [0.05, 0.1) is 18.6 Å². The number of aliphatic hydroxyl groups is 2. The van der Waals surface area contributed by atoms with Crippen molar-refractivity contribution in [2.24, 2.45) is 5.73 Å². The summed E-state index contributed by atoms with van der Waals surface area (Å²) in [6.45, 7) is 0.517. The molecule has 3 rings (SSSR count). The van der Waals surface area contributed by atoms with Crippen LogP contribution in [0.3, 0.4) is 0 Å². The number of halogens is 1. The zero-order valence-corrected chi connectivity index (χ0v) is 12.8. The first-order chi connectivity index (χ1) is 11.4. The molecule has 1 fully saturated rings. The molecule has 6 N–H and O–H groups in total. The van der Waals surface area contributed by atoms with Gasteiger partial charge in [0.25, 0.3) is 0 Å². The fraction of sp³-hybridized carbons (Fsp3) is 0.500. The van der Waals surface area contributed by atoms with Crippen LogP contribution in [0, 0.1) is 11.8 Å². The number of rotatable bonds is 2. The molecule has 0 saturated carbocycles. The Kier molecular flexibility index (Phi) is 4.10. The Labute approximate surface area is 136 Å². The minimum atomic E-state index is -1.67. The molecule has 9 nitrogen and oxygen atoms in total. The molecule has 2 aromatic heterocycles. The molecule has 0 bridgehead atoms. The standard InChI is InChI=1S/C14H17FN6O3/c1-7(22)9-10(23)14(17,3-2-4-15)12(24-9)21-6-19-8-5-18-13(16)20-11(8)21/h5-7,9-10,12,22-23H,4,17H2,1H3,(H2,16,18,20)/t7-,9+,10?,12+,14+/m0/s1. The van der Waals surface area contributed by atoms with Crippen molar-refractivity contribution in [3.8, 4) is 11.8 Å². The lowest BCUT2D eigenvalue weighted by Gasteiger charge is -2.27. The summed E-state index contributed by atoms with van der Waals surface area (Å²) in [6.07, 6.45) is -1.61. The van der Waals surface area contributed by atoms with Gasteiger partial charge in [-0.1, -0.05) is 11.8 Å². The molecule has 5 atom stereocenters. The Morgan fingerprint density at radius 2 is 2.29 bits per heavy atom. The monoisotopic (exact) mass is 336 g/mol. The summed E-state index contributed by atoms with van der Waals surface area (Å²) in [4.78, 5) is 12.1. The van der Waals surface area contributed by atoms with Crippen LogP contribution in [0.1, 0.15) is 13.2 Å². The average Bonchev–Trinajstić information content (AvgIpc) is 3.05. The summed E-state index contributed by atoms with van der Waals surface area (Å²) in [5, 5.41) is 20.3. The first kappa shape index (κ1) is 16.5.